The average Bonchev–Trinajstić information content (AvgIpc) is 3.19. The summed E-state index contributed by atoms with van der Waals surface area (Å²) in [6.07, 6.45) is 0.375. The maximum Gasteiger partial charge on any atom is 0.414 e. The van der Waals surface area contributed by atoms with E-state index in [9.17, 15) is 19.6 Å². The van der Waals surface area contributed by atoms with E-state index in [0.717, 1.165) is 0 Å². The van der Waals surface area contributed by atoms with E-state index in [4.69, 9.17) is 9.47 Å². The summed E-state index contributed by atoms with van der Waals surface area (Å²) in [4.78, 5) is 43.8. The number of carbonyl (C=O) groups is 3. The molecule has 5 rings (SSSR count). The molecule has 1 N–H and O–H groups in total. The van der Waals surface area contributed by atoms with Gasteiger partial charge in [0.1, 0.15) is 22.9 Å². The Morgan fingerprint density at radius 2 is 1.95 bits per heavy atom. The molecule has 0 spiro atoms. The Morgan fingerprint density at radius 3 is 2.52 bits per heavy atom. The van der Waals surface area contributed by atoms with Crippen LogP contribution in [0, 0.1) is 29.0 Å². The third kappa shape index (κ3) is 4.94. The van der Waals surface area contributed by atoms with Crippen molar-refractivity contribution in [2.75, 3.05) is 31.1 Å². The quantitative estimate of drug-likeness (QED) is 0.578. The van der Waals surface area contributed by atoms with Crippen molar-refractivity contribution in [1.82, 2.24) is 15.2 Å². The second kappa shape index (κ2) is 10.1. The topological polar surface area (TPSA) is 125 Å². The standard InChI is InChI=1S/C29H32FN5O5/c1-5-25(36)33-12-19-13-35(27(38)39-19)18-7-8-20(23(30)10-18)17-6-9-24(32-11-17)29(16-31)21-14-34(15-22(21)29)26(37)40-28(2,3)4/h6-11,19,21-22H,5,12-15H2,1-4H3,(H,33,36)/t19-,21-,22+,29+/m0/s1. The number of nitrogens with zero attached hydrogens (tertiary/aromatic N) is 4. The predicted octanol–water partition coefficient (Wildman–Crippen LogP) is 4.00. The van der Waals surface area contributed by atoms with Crippen LogP contribution in [0.5, 0.6) is 0 Å². The lowest BCUT2D eigenvalue weighted by atomic mass is 9.95. The van der Waals surface area contributed by atoms with Gasteiger partial charge in [-0.1, -0.05) is 13.0 Å². The van der Waals surface area contributed by atoms with Crippen LogP contribution in [0.25, 0.3) is 11.1 Å². The summed E-state index contributed by atoms with van der Waals surface area (Å²) >= 11 is 0. The largest absolute Gasteiger partial charge is 0.444 e. The van der Waals surface area contributed by atoms with Gasteiger partial charge < -0.3 is 19.7 Å². The molecule has 2 saturated heterocycles. The molecule has 2 aromatic rings. The molecule has 0 unspecified atom stereocenters. The molecule has 3 aliphatic rings. The zero-order chi connectivity index (χ0) is 28.8. The molecule has 2 aliphatic heterocycles. The second-order valence-corrected chi connectivity index (χ2v) is 11.4. The maximum absolute atomic E-state index is 15.2. The monoisotopic (exact) mass is 549 g/mol. The summed E-state index contributed by atoms with van der Waals surface area (Å²) in [6.45, 7) is 8.42. The van der Waals surface area contributed by atoms with Crippen molar-refractivity contribution in [3.63, 3.8) is 0 Å². The van der Waals surface area contributed by atoms with Crippen molar-refractivity contribution < 1.29 is 28.2 Å². The van der Waals surface area contributed by atoms with Crippen LogP contribution in [0.15, 0.2) is 36.5 Å². The van der Waals surface area contributed by atoms with Gasteiger partial charge in [0.15, 0.2) is 0 Å². The SMILES string of the molecule is CCC(=O)NC[C@H]1CN(c2ccc(-c3ccc([C@@]4(C#N)[C@@H]5CN(C(=O)OC(C)(C)C)C[C@@H]54)nc3)c(F)c2)C(=O)O1. The number of ether oxygens (including phenoxy) is 2. The summed E-state index contributed by atoms with van der Waals surface area (Å²) in [7, 11) is 0. The number of halogens is 1. The number of nitriles is 1. The van der Waals surface area contributed by atoms with Crippen molar-refractivity contribution in [2.45, 2.75) is 51.2 Å². The molecule has 4 atom stereocenters. The van der Waals surface area contributed by atoms with Gasteiger partial charge in [-0.05, 0) is 45.0 Å². The summed E-state index contributed by atoms with van der Waals surface area (Å²) in [5.41, 5.74) is 0.433. The number of likely N-dealkylation sites (tertiary alicyclic amines) is 1. The van der Waals surface area contributed by atoms with Gasteiger partial charge in [-0.15, -0.1) is 0 Å². The molecule has 11 heteroatoms. The fourth-order valence-corrected chi connectivity index (χ4v) is 5.60. The number of piperidine rings is 1. The lowest BCUT2D eigenvalue weighted by Gasteiger charge is -2.27. The Kier molecular flexibility index (Phi) is 6.90. The Labute approximate surface area is 232 Å². The molecule has 0 bridgehead atoms. The number of hydrogen-bond donors (Lipinski definition) is 1. The van der Waals surface area contributed by atoms with Gasteiger partial charge in [-0.2, -0.15) is 5.26 Å². The van der Waals surface area contributed by atoms with E-state index in [-0.39, 0.29) is 36.9 Å². The number of anilines is 1. The van der Waals surface area contributed by atoms with Crippen LogP contribution >= 0.6 is 0 Å². The number of hydrogen-bond acceptors (Lipinski definition) is 7. The van der Waals surface area contributed by atoms with Gasteiger partial charge in [0.25, 0.3) is 0 Å². The smallest absolute Gasteiger partial charge is 0.414 e. The number of fused-ring (bicyclic) bond motifs is 1. The van der Waals surface area contributed by atoms with Crippen LogP contribution in [-0.2, 0) is 19.7 Å². The van der Waals surface area contributed by atoms with Crippen molar-refractivity contribution in [3.8, 4) is 17.2 Å². The minimum Gasteiger partial charge on any atom is -0.444 e. The van der Waals surface area contributed by atoms with Crippen LogP contribution in [-0.4, -0.2) is 65.9 Å². The molecule has 1 saturated carbocycles. The minimum absolute atomic E-state index is 0.0290. The number of cyclic esters (lactones) is 1. The van der Waals surface area contributed by atoms with E-state index in [1.807, 2.05) is 20.8 Å². The van der Waals surface area contributed by atoms with Gasteiger partial charge in [-0.3, -0.25) is 14.7 Å². The molecule has 3 fully saturated rings. The summed E-state index contributed by atoms with van der Waals surface area (Å²) in [5, 5.41) is 12.8. The highest BCUT2D eigenvalue weighted by Crippen LogP contribution is 2.62. The van der Waals surface area contributed by atoms with Crippen molar-refractivity contribution >= 4 is 23.8 Å². The summed E-state index contributed by atoms with van der Waals surface area (Å²) < 4.78 is 25.9. The fourth-order valence-electron chi connectivity index (χ4n) is 5.60. The molecule has 40 heavy (non-hydrogen) atoms. The average molecular weight is 550 g/mol. The third-order valence-corrected chi connectivity index (χ3v) is 7.70. The molecule has 3 amide bonds. The van der Waals surface area contributed by atoms with E-state index < -0.39 is 29.0 Å². The van der Waals surface area contributed by atoms with E-state index in [1.165, 1.54) is 11.0 Å². The number of pyridine rings is 1. The number of benzene rings is 1. The highest BCUT2D eigenvalue weighted by Gasteiger charge is 2.71. The number of aromatic nitrogens is 1. The minimum atomic E-state index is -0.775. The van der Waals surface area contributed by atoms with Crippen molar-refractivity contribution in [1.29, 1.82) is 5.26 Å². The fraction of sp³-hybridized carbons (Fsp3) is 0.483. The molecule has 1 aliphatic carbocycles. The number of carbonyl (C=O) groups excluding carboxylic acids is 3. The third-order valence-electron chi connectivity index (χ3n) is 7.70. The molecule has 210 valence electrons. The first-order valence-electron chi connectivity index (χ1n) is 13.4. The zero-order valence-electron chi connectivity index (χ0n) is 22.9. The molecule has 1 aromatic heterocycles. The normalized spacial score (nSPS) is 25.2. The molecule has 0 radical (unpaired) electrons. The van der Waals surface area contributed by atoms with Gasteiger partial charge in [0, 0.05) is 48.7 Å². The number of rotatable bonds is 6. The van der Waals surface area contributed by atoms with Crippen LogP contribution in [0.3, 0.4) is 0 Å². The first-order valence-corrected chi connectivity index (χ1v) is 13.4. The molecule has 3 heterocycles. The van der Waals surface area contributed by atoms with E-state index >= 15 is 4.39 Å². The Bertz CT molecular complexity index is 1370. The van der Waals surface area contributed by atoms with Gasteiger partial charge >= 0.3 is 12.2 Å². The molecular weight excluding hydrogens is 517 g/mol. The predicted molar refractivity (Wildman–Crippen MR) is 143 cm³/mol. The van der Waals surface area contributed by atoms with E-state index in [2.05, 4.69) is 16.4 Å². The van der Waals surface area contributed by atoms with E-state index in [0.29, 0.717) is 42.0 Å². The first kappa shape index (κ1) is 27.4. The van der Waals surface area contributed by atoms with Gasteiger partial charge in [0.05, 0.1) is 30.5 Å². The highest BCUT2D eigenvalue weighted by atomic mass is 19.1. The number of nitrogens with one attached hydrogen (secondary N) is 1. The summed E-state index contributed by atoms with van der Waals surface area (Å²) in [6, 6.07) is 10.4. The van der Waals surface area contributed by atoms with Crippen LogP contribution in [0.2, 0.25) is 0 Å². The molecule has 10 nitrogen and oxygen atoms in total. The lowest BCUT2D eigenvalue weighted by molar-refractivity contribution is -0.121. The van der Waals surface area contributed by atoms with Crippen molar-refractivity contribution in [3.05, 3.63) is 48.0 Å². The van der Waals surface area contributed by atoms with Crippen LogP contribution in [0.1, 0.15) is 39.8 Å². The van der Waals surface area contributed by atoms with E-state index in [1.54, 1.807) is 42.3 Å². The second-order valence-electron chi connectivity index (χ2n) is 11.4. The Hall–Kier alpha value is -4.20. The highest BCUT2D eigenvalue weighted by molar-refractivity contribution is 5.90. The summed E-state index contributed by atoms with van der Waals surface area (Å²) in [5.74, 6) is -0.732. The Balaban J connectivity index is 1.25. The lowest BCUT2D eigenvalue weighted by Crippen LogP contribution is -2.39. The van der Waals surface area contributed by atoms with Crippen LogP contribution in [0.4, 0.5) is 19.7 Å². The first-order chi connectivity index (χ1) is 19.0. The Morgan fingerprint density at radius 1 is 1.23 bits per heavy atom. The van der Waals surface area contributed by atoms with Gasteiger partial charge in [-0.25, -0.2) is 14.0 Å². The zero-order valence-corrected chi connectivity index (χ0v) is 22.9. The van der Waals surface area contributed by atoms with Gasteiger partial charge in [0.2, 0.25) is 5.91 Å². The molecular formula is C29H32FN5O5. The number of amides is 3. The van der Waals surface area contributed by atoms with Crippen molar-refractivity contribution in [2.24, 2.45) is 11.8 Å². The van der Waals surface area contributed by atoms with Crippen LogP contribution < -0.4 is 10.2 Å². The molecule has 1 aromatic carbocycles. The maximum atomic E-state index is 15.2.